The monoisotopic (exact) mass is 380 g/mol. The molecule has 0 saturated carbocycles. The molecule has 2 aromatic carbocycles. The molecule has 2 rings (SSSR count). The summed E-state index contributed by atoms with van der Waals surface area (Å²) in [5, 5.41) is 0. The van der Waals surface area contributed by atoms with Gasteiger partial charge in [0, 0.05) is 0 Å². The quantitative estimate of drug-likeness (QED) is 0.467. The molecular formula is C20H23BrF2. The summed E-state index contributed by atoms with van der Waals surface area (Å²) in [6.07, 6.45) is 0. The van der Waals surface area contributed by atoms with Crippen molar-refractivity contribution in [3.63, 3.8) is 0 Å². The topological polar surface area (TPSA) is 0 Å². The van der Waals surface area contributed by atoms with Gasteiger partial charge in [-0.3, -0.25) is 0 Å². The second-order valence-corrected chi connectivity index (χ2v) is 8.85. The highest BCUT2D eigenvalue weighted by molar-refractivity contribution is 9.10. The molecule has 0 N–H and O–H groups in total. The van der Waals surface area contributed by atoms with Crippen molar-refractivity contribution in [2.75, 3.05) is 0 Å². The van der Waals surface area contributed by atoms with Crippen molar-refractivity contribution < 1.29 is 8.78 Å². The fourth-order valence-corrected chi connectivity index (χ4v) is 2.61. The summed E-state index contributed by atoms with van der Waals surface area (Å²) in [5.41, 5.74) is 3.63. The largest absolute Gasteiger partial charge is 0.206 e. The van der Waals surface area contributed by atoms with Gasteiger partial charge in [0.25, 0.3) is 0 Å². The number of hydrogen-bond donors (Lipinski definition) is 0. The van der Waals surface area contributed by atoms with Gasteiger partial charge in [-0.15, -0.1) is 0 Å². The Bertz CT molecular complexity index is 679. The van der Waals surface area contributed by atoms with Crippen LogP contribution in [0.5, 0.6) is 0 Å². The number of halogens is 3. The minimum Gasteiger partial charge on any atom is -0.206 e. The third kappa shape index (κ3) is 4.00. The zero-order chi connectivity index (χ0) is 17.6. The number of benzene rings is 2. The van der Waals surface area contributed by atoms with Crippen molar-refractivity contribution in [2.45, 2.75) is 52.4 Å². The molecule has 0 atom stereocenters. The van der Waals surface area contributed by atoms with Crippen LogP contribution in [0.3, 0.4) is 0 Å². The van der Waals surface area contributed by atoms with Crippen LogP contribution in [0.1, 0.15) is 52.7 Å². The van der Waals surface area contributed by atoms with E-state index in [1.54, 1.807) is 0 Å². The zero-order valence-electron chi connectivity index (χ0n) is 14.5. The van der Waals surface area contributed by atoms with Crippen molar-refractivity contribution in [3.8, 4) is 11.1 Å². The maximum Gasteiger partial charge on any atom is 0.140 e. The molecule has 0 radical (unpaired) electrons. The van der Waals surface area contributed by atoms with Crippen molar-refractivity contribution in [3.05, 3.63) is 57.6 Å². The standard InChI is InChI=1S/C20H23BrF2/c1-19(2,3)14-7-12(8-15(11-14)20(4,5)6)13-9-16(22)18(21)17(23)10-13/h7-11H,1-6H3. The summed E-state index contributed by atoms with van der Waals surface area (Å²) in [4.78, 5) is 0. The van der Waals surface area contributed by atoms with E-state index >= 15 is 0 Å². The van der Waals surface area contributed by atoms with Crippen LogP contribution >= 0.6 is 15.9 Å². The summed E-state index contributed by atoms with van der Waals surface area (Å²) in [5.74, 6) is -1.17. The second-order valence-electron chi connectivity index (χ2n) is 8.05. The first-order valence-electron chi connectivity index (χ1n) is 7.70. The van der Waals surface area contributed by atoms with Crippen molar-refractivity contribution in [1.29, 1.82) is 0 Å². The molecule has 23 heavy (non-hydrogen) atoms. The van der Waals surface area contributed by atoms with Gasteiger partial charge in [-0.2, -0.15) is 0 Å². The fraction of sp³-hybridized carbons (Fsp3) is 0.400. The van der Waals surface area contributed by atoms with Crippen LogP contribution in [0.25, 0.3) is 11.1 Å². The molecule has 0 spiro atoms. The first-order chi connectivity index (χ1) is 10.4. The average molecular weight is 381 g/mol. The Morgan fingerprint density at radius 2 is 1.00 bits per heavy atom. The molecule has 0 saturated heterocycles. The molecule has 0 aliphatic carbocycles. The van der Waals surface area contributed by atoms with E-state index in [1.807, 2.05) is 12.1 Å². The van der Waals surface area contributed by atoms with Crippen LogP contribution in [0, 0.1) is 11.6 Å². The molecule has 0 unspecified atom stereocenters. The summed E-state index contributed by atoms with van der Waals surface area (Å²) in [6, 6.07) is 8.99. The van der Waals surface area contributed by atoms with Gasteiger partial charge in [-0.1, -0.05) is 59.7 Å². The Morgan fingerprint density at radius 3 is 1.35 bits per heavy atom. The number of rotatable bonds is 1. The van der Waals surface area contributed by atoms with Crippen LogP contribution < -0.4 is 0 Å². The Labute approximate surface area is 146 Å². The van der Waals surface area contributed by atoms with Crippen LogP contribution in [-0.2, 0) is 10.8 Å². The lowest BCUT2D eigenvalue weighted by atomic mass is 9.79. The molecule has 0 fully saturated rings. The molecule has 0 heterocycles. The first-order valence-corrected chi connectivity index (χ1v) is 8.50. The Morgan fingerprint density at radius 1 is 0.652 bits per heavy atom. The minimum atomic E-state index is -0.585. The van der Waals surface area contributed by atoms with Gasteiger partial charge in [0.05, 0.1) is 4.47 Å². The number of hydrogen-bond acceptors (Lipinski definition) is 0. The highest BCUT2D eigenvalue weighted by Crippen LogP contribution is 2.35. The minimum absolute atomic E-state index is 0.0392. The molecule has 3 heteroatoms. The molecule has 2 aromatic rings. The Kier molecular flexibility index (Phi) is 4.74. The molecule has 0 nitrogen and oxygen atoms in total. The molecule has 0 aliphatic heterocycles. The van der Waals surface area contributed by atoms with E-state index in [0.717, 1.165) is 16.7 Å². The lowest BCUT2D eigenvalue weighted by molar-refractivity contribution is 0.568. The van der Waals surface area contributed by atoms with Crippen LogP contribution in [-0.4, -0.2) is 0 Å². The van der Waals surface area contributed by atoms with E-state index in [0.29, 0.717) is 5.56 Å². The van der Waals surface area contributed by atoms with E-state index in [-0.39, 0.29) is 15.3 Å². The summed E-state index contributed by atoms with van der Waals surface area (Å²) in [7, 11) is 0. The summed E-state index contributed by atoms with van der Waals surface area (Å²) >= 11 is 2.93. The van der Waals surface area contributed by atoms with Crippen LogP contribution in [0.15, 0.2) is 34.8 Å². The van der Waals surface area contributed by atoms with E-state index in [1.165, 1.54) is 12.1 Å². The molecular weight excluding hydrogens is 358 g/mol. The molecule has 0 aliphatic rings. The van der Waals surface area contributed by atoms with Crippen molar-refractivity contribution in [1.82, 2.24) is 0 Å². The van der Waals surface area contributed by atoms with Crippen LogP contribution in [0.2, 0.25) is 0 Å². The Hall–Kier alpha value is -1.22. The Balaban J connectivity index is 2.72. The normalized spacial score (nSPS) is 12.6. The lowest BCUT2D eigenvalue weighted by Crippen LogP contribution is -2.16. The van der Waals surface area contributed by atoms with Crippen molar-refractivity contribution >= 4 is 15.9 Å². The maximum atomic E-state index is 13.9. The van der Waals surface area contributed by atoms with Gasteiger partial charge in [0.15, 0.2) is 0 Å². The fourth-order valence-electron chi connectivity index (χ4n) is 2.38. The van der Waals surface area contributed by atoms with Gasteiger partial charge in [0.1, 0.15) is 11.6 Å². The van der Waals surface area contributed by atoms with Gasteiger partial charge in [-0.25, -0.2) is 8.78 Å². The van der Waals surface area contributed by atoms with Crippen molar-refractivity contribution in [2.24, 2.45) is 0 Å². The van der Waals surface area contributed by atoms with Gasteiger partial charge >= 0.3 is 0 Å². The summed E-state index contributed by atoms with van der Waals surface area (Å²) in [6.45, 7) is 12.8. The SMILES string of the molecule is CC(C)(C)c1cc(-c2cc(F)c(Br)c(F)c2)cc(C(C)(C)C)c1. The highest BCUT2D eigenvalue weighted by atomic mass is 79.9. The average Bonchev–Trinajstić information content (AvgIpc) is 2.41. The van der Waals surface area contributed by atoms with E-state index in [4.69, 9.17) is 0 Å². The molecule has 124 valence electrons. The van der Waals surface area contributed by atoms with Gasteiger partial charge in [-0.05, 0) is 61.1 Å². The van der Waals surface area contributed by atoms with Gasteiger partial charge in [0.2, 0.25) is 0 Å². The highest BCUT2D eigenvalue weighted by Gasteiger charge is 2.21. The third-order valence-electron chi connectivity index (χ3n) is 3.98. The summed E-state index contributed by atoms with van der Waals surface area (Å²) < 4.78 is 27.7. The van der Waals surface area contributed by atoms with Gasteiger partial charge < -0.3 is 0 Å². The van der Waals surface area contributed by atoms with E-state index in [2.05, 4.69) is 63.5 Å². The lowest BCUT2D eigenvalue weighted by Gasteiger charge is -2.26. The second kappa shape index (κ2) is 6.01. The van der Waals surface area contributed by atoms with E-state index < -0.39 is 11.6 Å². The smallest absolute Gasteiger partial charge is 0.140 e. The predicted octanol–water partition coefficient (Wildman–Crippen LogP) is 6.99. The molecule has 0 bridgehead atoms. The molecule has 0 aromatic heterocycles. The zero-order valence-corrected chi connectivity index (χ0v) is 16.1. The predicted molar refractivity (Wildman–Crippen MR) is 96.9 cm³/mol. The molecule has 0 amide bonds. The van der Waals surface area contributed by atoms with E-state index in [9.17, 15) is 8.78 Å². The third-order valence-corrected chi connectivity index (χ3v) is 4.74. The maximum absolute atomic E-state index is 13.9. The first kappa shape index (κ1) is 18.1. The van der Waals surface area contributed by atoms with Crippen LogP contribution in [0.4, 0.5) is 8.78 Å².